The van der Waals surface area contributed by atoms with Crippen LogP contribution in [0.5, 0.6) is 0 Å². The Bertz CT molecular complexity index is 592. The van der Waals surface area contributed by atoms with Gasteiger partial charge in [-0.15, -0.1) is 0 Å². The highest BCUT2D eigenvalue weighted by molar-refractivity contribution is 5.87. The molecule has 0 aromatic carbocycles. The minimum absolute atomic E-state index is 0.296. The lowest BCUT2D eigenvalue weighted by molar-refractivity contribution is -0.127. The number of rotatable bonds is 3. The summed E-state index contributed by atoms with van der Waals surface area (Å²) in [6.45, 7) is 10.9. The molecule has 134 valence electrons. The molecule has 2 amide bonds. The highest BCUT2D eigenvalue weighted by atomic mass is 16.6. The molecular weight excluding hydrogens is 312 g/mol. The van der Waals surface area contributed by atoms with Gasteiger partial charge in [0.15, 0.2) is 0 Å². The van der Waals surface area contributed by atoms with Gasteiger partial charge in [0.25, 0.3) is 0 Å². The maximum atomic E-state index is 12.6. The van der Waals surface area contributed by atoms with Crippen molar-refractivity contribution in [2.45, 2.75) is 71.6 Å². The summed E-state index contributed by atoms with van der Waals surface area (Å²) in [5, 5.41) is 9.41. The second-order valence-electron chi connectivity index (χ2n) is 7.36. The summed E-state index contributed by atoms with van der Waals surface area (Å²) in [5.74, 6) is -0.298. The zero-order valence-electron chi connectivity index (χ0n) is 15.0. The maximum absolute atomic E-state index is 12.6. The normalized spacial score (nSPS) is 23.2. The average Bonchev–Trinajstić information content (AvgIpc) is 2.99. The Kier molecular flexibility index (Phi) is 4.89. The van der Waals surface area contributed by atoms with Gasteiger partial charge in [-0.2, -0.15) is 5.10 Å². The second-order valence-corrected chi connectivity index (χ2v) is 7.36. The van der Waals surface area contributed by atoms with Crippen LogP contribution in [0.25, 0.3) is 0 Å². The molecule has 0 radical (unpaired) electrons. The molecule has 2 rings (SSSR count). The van der Waals surface area contributed by atoms with Crippen molar-refractivity contribution in [3.63, 3.8) is 0 Å². The Hall–Kier alpha value is -2.09. The van der Waals surface area contributed by atoms with Gasteiger partial charge in [-0.05, 0) is 47.6 Å². The van der Waals surface area contributed by atoms with Crippen LogP contribution in [-0.4, -0.2) is 50.6 Å². The summed E-state index contributed by atoms with van der Waals surface area (Å²) in [4.78, 5) is 26.6. The number of amides is 2. The molecule has 0 unspecified atom stereocenters. The molecule has 1 fully saturated rings. The predicted octanol–water partition coefficient (Wildman–Crippen LogP) is 1.79. The lowest BCUT2D eigenvalue weighted by Crippen LogP contribution is -2.55. The van der Waals surface area contributed by atoms with Crippen molar-refractivity contribution < 1.29 is 19.1 Å². The Morgan fingerprint density at radius 1 is 1.46 bits per heavy atom. The van der Waals surface area contributed by atoms with E-state index >= 15 is 0 Å². The summed E-state index contributed by atoms with van der Waals surface area (Å²) in [6.07, 6.45) is 0.589. The van der Waals surface area contributed by atoms with Crippen molar-refractivity contribution in [3.05, 3.63) is 18.0 Å². The fraction of sp³-hybridized carbons (Fsp3) is 0.688. The molecule has 24 heavy (non-hydrogen) atoms. The standard InChI is InChI=1S/C16H26N4O4/c1-10-12(13(21)17-9-11-7-8-18-19-11)20(16(5,6)23-10)14(22)24-15(2,3)4/h7-8,10,12H,9H2,1-6H3,(H,17,21)(H,18,19)/t10-,12-/m1/s1. The number of nitrogens with zero attached hydrogens (tertiary/aromatic N) is 2. The molecule has 1 aliphatic rings. The lowest BCUT2D eigenvalue weighted by Gasteiger charge is -2.34. The van der Waals surface area contributed by atoms with Gasteiger partial charge < -0.3 is 14.8 Å². The number of carbonyl (C=O) groups is 2. The Labute approximate surface area is 141 Å². The minimum atomic E-state index is -0.933. The van der Waals surface area contributed by atoms with Gasteiger partial charge >= 0.3 is 6.09 Å². The van der Waals surface area contributed by atoms with E-state index in [4.69, 9.17) is 9.47 Å². The van der Waals surface area contributed by atoms with Crippen molar-refractivity contribution in [1.82, 2.24) is 20.4 Å². The van der Waals surface area contributed by atoms with Crippen LogP contribution in [-0.2, 0) is 20.8 Å². The highest BCUT2D eigenvalue weighted by Gasteiger charge is 2.52. The van der Waals surface area contributed by atoms with Gasteiger partial charge in [0.1, 0.15) is 17.4 Å². The smallest absolute Gasteiger partial charge is 0.413 e. The molecule has 1 aromatic rings. The number of aromatic amines is 1. The first-order valence-electron chi connectivity index (χ1n) is 7.97. The van der Waals surface area contributed by atoms with Gasteiger partial charge in [0, 0.05) is 6.20 Å². The number of H-pyrrole nitrogens is 1. The number of carbonyl (C=O) groups excluding carboxylic acids is 2. The zero-order valence-corrected chi connectivity index (χ0v) is 15.0. The van der Waals surface area contributed by atoms with Crippen LogP contribution in [0, 0.1) is 0 Å². The van der Waals surface area contributed by atoms with Crippen molar-refractivity contribution in [3.8, 4) is 0 Å². The van der Waals surface area contributed by atoms with Crippen LogP contribution in [0.15, 0.2) is 12.3 Å². The number of nitrogens with one attached hydrogen (secondary N) is 2. The molecule has 2 N–H and O–H groups in total. The maximum Gasteiger partial charge on any atom is 0.413 e. The Balaban J connectivity index is 2.14. The fourth-order valence-corrected chi connectivity index (χ4v) is 2.77. The molecule has 8 heteroatoms. The van der Waals surface area contributed by atoms with Crippen LogP contribution in [0.2, 0.25) is 0 Å². The van der Waals surface area contributed by atoms with Gasteiger partial charge in [0.05, 0.1) is 18.3 Å². The topological polar surface area (TPSA) is 96.5 Å². The largest absolute Gasteiger partial charge is 0.444 e. The molecule has 0 saturated carbocycles. The van der Waals surface area contributed by atoms with Crippen molar-refractivity contribution in [2.75, 3.05) is 0 Å². The molecule has 1 aromatic heterocycles. The van der Waals surface area contributed by atoms with Crippen LogP contribution < -0.4 is 5.32 Å². The molecule has 2 heterocycles. The highest BCUT2D eigenvalue weighted by Crippen LogP contribution is 2.33. The van der Waals surface area contributed by atoms with Gasteiger partial charge in [0.2, 0.25) is 5.91 Å². The summed E-state index contributed by atoms with van der Waals surface area (Å²) < 4.78 is 11.3. The van der Waals surface area contributed by atoms with E-state index in [0.29, 0.717) is 6.54 Å². The van der Waals surface area contributed by atoms with Crippen LogP contribution in [0.1, 0.15) is 47.2 Å². The lowest BCUT2D eigenvalue weighted by atomic mass is 10.1. The van der Waals surface area contributed by atoms with Crippen LogP contribution in [0.3, 0.4) is 0 Å². The van der Waals surface area contributed by atoms with Gasteiger partial charge in [-0.1, -0.05) is 0 Å². The third kappa shape index (κ3) is 4.05. The predicted molar refractivity (Wildman–Crippen MR) is 86.9 cm³/mol. The second kappa shape index (κ2) is 6.43. The van der Waals surface area contributed by atoms with Crippen molar-refractivity contribution in [1.29, 1.82) is 0 Å². The summed E-state index contributed by atoms with van der Waals surface area (Å²) in [5.41, 5.74) is -0.814. The molecular formula is C16H26N4O4. The van der Waals surface area contributed by atoms with E-state index in [1.165, 1.54) is 4.90 Å². The molecule has 8 nitrogen and oxygen atoms in total. The van der Waals surface area contributed by atoms with E-state index in [0.717, 1.165) is 5.69 Å². The number of hydrogen-bond acceptors (Lipinski definition) is 5. The quantitative estimate of drug-likeness (QED) is 0.876. The third-order valence-electron chi connectivity index (χ3n) is 3.65. The Morgan fingerprint density at radius 2 is 2.12 bits per heavy atom. The molecule has 1 saturated heterocycles. The SMILES string of the molecule is C[C@H]1OC(C)(C)N(C(=O)OC(C)(C)C)[C@H]1C(=O)NCc1ccn[nH]1. The van der Waals surface area contributed by atoms with Gasteiger partial charge in [-0.3, -0.25) is 14.8 Å². The first-order valence-corrected chi connectivity index (χ1v) is 7.97. The number of hydrogen-bond donors (Lipinski definition) is 2. The van der Waals surface area contributed by atoms with E-state index < -0.39 is 29.6 Å². The van der Waals surface area contributed by atoms with Crippen molar-refractivity contribution >= 4 is 12.0 Å². The fourth-order valence-electron chi connectivity index (χ4n) is 2.77. The number of aromatic nitrogens is 2. The van der Waals surface area contributed by atoms with E-state index in [1.54, 1.807) is 53.8 Å². The molecule has 0 bridgehead atoms. The monoisotopic (exact) mass is 338 g/mol. The zero-order chi connectivity index (χ0) is 18.1. The van der Waals surface area contributed by atoms with Crippen LogP contribution in [0.4, 0.5) is 4.79 Å². The third-order valence-corrected chi connectivity index (χ3v) is 3.65. The van der Waals surface area contributed by atoms with Gasteiger partial charge in [-0.25, -0.2) is 4.79 Å². The first kappa shape index (κ1) is 18.3. The first-order chi connectivity index (χ1) is 11.0. The molecule has 0 aliphatic carbocycles. The summed E-state index contributed by atoms with van der Waals surface area (Å²) >= 11 is 0. The average molecular weight is 338 g/mol. The minimum Gasteiger partial charge on any atom is -0.444 e. The van der Waals surface area contributed by atoms with Crippen molar-refractivity contribution in [2.24, 2.45) is 0 Å². The van der Waals surface area contributed by atoms with E-state index in [-0.39, 0.29) is 5.91 Å². The van der Waals surface area contributed by atoms with E-state index in [2.05, 4.69) is 15.5 Å². The molecule has 0 spiro atoms. The molecule has 2 atom stereocenters. The van der Waals surface area contributed by atoms with Crippen LogP contribution >= 0.6 is 0 Å². The van der Waals surface area contributed by atoms with E-state index in [1.807, 2.05) is 0 Å². The summed E-state index contributed by atoms with van der Waals surface area (Å²) in [6, 6.07) is 1.00. The Morgan fingerprint density at radius 3 is 2.67 bits per heavy atom. The number of ether oxygens (including phenoxy) is 2. The summed E-state index contributed by atoms with van der Waals surface area (Å²) in [7, 11) is 0. The van der Waals surface area contributed by atoms with E-state index in [9.17, 15) is 9.59 Å². The molecule has 1 aliphatic heterocycles.